The quantitative estimate of drug-likeness (QED) is 0.0211. The van der Waals surface area contributed by atoms with E-state index in [2.05, 4.69) is 74.6 Å². The topological polar surface area (TPSA) is 108 Å². The molecular formula is C59H109NO8P+. The third-order valence-electron chi connectivity index (χ3n) is 12.3. The Morgan fingerprint density at radius 2 is 0.826 bits per heavy atom. The molecule has 0 rings (SSSR count). The second-order valence-electron chi connectivity index (χ2n) is 20.3. The van der Waals surface area contributed by atoms with Gasteiger partial charge in [0.25, 0.3) is 0 Å². The Bertz CT molecular complexity index is 1350. The van der Waals surface area contributed by atoms with Gasteiger partial charge in [-0.3, -0.25) is 18.6 Å². The van der Waals surface area contributed by atoms with Crippen LogP contribution >= 0.6 is 7.82 Å². The Labute approximate surface area is 426 Å². The van der Waals surface area contributed by atoms with Crippen molar-refractivity contribution < 1.29 is 42.1 Å². The van der Waals surface area contributed by atoms with Gasteiger partial charge in [-0.05, 0) is 57.8 Å². The number of phosphoric acid groups is 1. The monoisotopic (exact) mass is 991 g/mol. The van der Waals surface area contributed by atoms with Gasteiger partial charge in [-0.1, -0.05) is 242 Å². The van der Waals surface area contributed by atoms with E-state index in [4.69, 9.17) is 18.5 Å². The van der Waals surface area contributed by atoms with Crippen molar-refractivity contribution in [2.45, 2.75) is 258 Å². The lowest BCUT2D eigenvalue weighted by molar-refractivity contribution is -0.870. The molecule has 0 fully saturated rings. The van der Waals surface area contributed by atoms with Crippen LogP contribution in [0.4, 0.5) is 0 Å². The van der Waals surface area contributed by atoms with E-state index < -0.39 is 26.5 Å². The highest BCUT2D eigenvalue weighted by molar-refractivity contribution is 7.47. The molecule has 69 heavy (non-hydrogen) atoms. The summed E-state index contributed by atoms with van der Waals surface area (Å²) in [5, 5.41) is 0. The van der Waals surface area contributed by atoms with Crippen molar-refractivity contribution in [1.82, 2.24) is 0 Å². The van der Waals surface area contributed by atoms with Crippen LogP contribution < -0.4 is 0 Å². The highest BCUT2D eigenvalue weighted by Gasteiger charge is 2.27. The van der Waals surface area contributed by atoms with E-state index in [9.17, 15) is 19.0 Å². The fraction of sp³-hybridized carbons (Fsp3) is 0.797. The van der Waals surface area contributed by atoms with Crippen molar-refractivity contribution in [2.24, 2.45) is 0 Å². The molecule has 2 unspecified atom stereocenters. The lowest BCUT2D eigenvalue weighted by Gasteiger charge is -2.24. The maximum absolute atomic E-state index is 12.8. The largest absolute Gasteiger partial charge is 0.472 e. The van der Waals surface area contributed by atoms with Crippen LogP contribution in [0.3, 0.4) is 0 Å². The van der Waals surface area contributed by atoms with Crippen LogP contribution in [0.1, 0.15) is 251 Å². The Morgan fingerprint density at radius 3 is 1.23 bits per heavy atom. The lowest BCUT2D eigenvalue weighted by Crippen LogP contribution is -2.37. The van der Waals surface area contributed by atoms with Crippen LogP contribution in [0, 0.1) is 0 Å². The summed E-state index contributed by atoms with van der Waals surface area (Å²) >= 11 is 0. The van der Waals surface area contributed by atoms with Crippen molar-refractivity contribution in [3.05, 3.63) is 60.8 Å². The minimum Gasteiger partial charge on any atom is -0.462 e. The predicted molar refractivity (Wildman–Crippen MR) is 293 cm³/mol. The first kappa shape index (κ1) is 66.7. The van der Waals surface area contributed by atoms with Gasteiger partial charge in [-0.2, -0.15) is 0 Å². The van der Waals surface area contributed by atoms with Crippen molar-refractivity contribution in [3.63, 3.8) is 0 Å². The second kappa shape index (κ2) is 50.6. The molecule has 2 atom stereocenters. The van der Waals surface area contributed by atoms with Gasteiger partial charge in [-0.25, -0.2) is 4.57 Å². The van der Waals surface area contributed by atoms with Crippen molar-refractivity contribution in [2.75, 3.05) is 47.5 Å². The average Bonchev–Trinajstić information content (AvgIpc) is 3.31. The molecule has 9 nitrogen and oxygen atoms in total. The molecule has 0 saturated heterocycles. The fourth-order valence-electron chi connectivity index (χ4n) is 7.93. The smallest absolute Gasteiger partial charge is 0.462 e. The van der Waals surface area contributed by atoms with Gasteiger partial charge in [0.05, 0.1) is 27.7 Å². The van der Waals surface area contributed by atoms with Gasteiger partial charge < -0.3 is 18.9 Å². The molecule has 1 N–H and O–H groups in total. The summed E-state index contributed by atoms with van der Waals surface area (Å²) in [6.45, 7) is 4.35. The van der Waals surface area contributed by atoms with Crippen LogP contribution in [0.25, 0.3) is 0 Å². The first-order valence-electron chi connectivity index (χ1n) is 28.5. The molecule has 0 amide bonds. The molecule has 0 aliphatic heterocycles. The van der Waals surface area contributed by atoms with Gasteiger partial charge in [0.2, 0.25) is 0 Å². The molecule has 0 aliphatic rings. The number of carbonyl (C=O) groups excluding carboxylic acids is 2. The summed E-state index contributed by atoms with van der Waals surface area (Å²) in [5.74, 6) is -0.790. The number of likely N-dealkylation sites (N-methyl/N-ethyl adjacent to an activating group) is 1. The molecule has 0 aromatic carbocycles. The Hall–Kier alpha value is -2.29. The van der Waals surface area contributed by atoms with E-state index in [0.717, 1.165) is 70.6 Å². The van der Waals surface area contributed by atoms with Crippen LogP contribution in [0.15, 0.2) is 60.8 Å². The number of esters is 2. The minimum atomic E-state index is -4.38. The highest BCUT2D eigenvalue weighted by Crippen LogP contribution is 2.43. The van der Waals surface area contributed by atoms with E-state index in [1.165, 1.54) is 148 Å². The zero-order valence-corrected chi connectivity index (χ0v) is 46.4. The summed E-state index contributed by atoms with van der Waals surface area (Å²) < 4.78 is 34.5. The molecule has 0 saturated carbocycles. The lowest BCUT2D eigenvalue weighted by atomic mass is 10.0. The second-order valence-corrected chi connectivity index (χ2v) is 21.8. The van der Waals surface area contributed by atoms with E-state index in [1.807, 2.05) is 21.1 Å². The summed E-state index contributed by atoms with van der Waals surface area (Å²) in [5.41, 5.74) is 0. The Morgan fingerprint density at radius 1 is 0.464 bits per heavy atom. The molecule has 402 valence electrons. The normalized spacial score (nSPS) is 13.8. The van der Waals surface area contributed by atoms with Gasteiger partial charge in [-0.15, -0.1) is 0 Å². The zero-order valence-electron chi connectivity index (χ0n) is 45.5. The summed E-state index contributed by atoms with van der Waals surface area (Å²) in [4.78, 5) is 35.6. The van der Waals surface area contributed by atoms with Crippen molar-refractivity contribution in [3.8, 4) is 0 Å². The van der Waals surface area contributed by atoms with Crippen molar-refractivity contribution >= 4 is 19.8 Å². The van der Waals surface area contributed by atoms with Crippen LogP contribution in [-0.4, -0.2) is 74.9 Å². The molecule has 0 bridgehead atoms. The average molecular weight is 991 g/mol. The summed E-state index contributed by atoms with van der Waals surface area (Å²) in [6.07, 6.45) is 64.2. The zero-order chi connectivity index (χ0) is 50.6. The number of carbonyl (C=O) groups is 2. The number of phosphoric ester groups is 1. The number of allylic oxidation sites excluding steroid dienone is 10. The number of ether oxygens (including phenoxy) is 2. The predicted octanol–water partition coefficient (Wildman–Crippen LogP) is 17.5. The summed E-state index contributed by atoms with van der Waals surface area (Å²) in [7, 11) is 1.48. The Balaban J connectivity index is 4.13. The first-order valence-corrected chi connectivity index (χ1v) is 30.0. The molecular weight excluding hydrogens is 882 g/mol. The number of unbranched alkanes of at least 4 members (excludes halogenated alkanes) is 28. The van der Waals surface area contributed by atoms with Gasteiger partial charge in [0, 0.05) is 12.8 Å². The minimum absolute atomic E-state index is 0.0317. The maximum Gasteiger partial charge on any atom is 0.472 e. The van der Waals surface area contributed by atoms with E-state index >= 15 is 0 Å². The third kappa shape index (κ3) is 54.9. The van der Waals surface area contributed by atoms with E-state index in [1.54, 1.807) is 0 Å². The maximum atomic E-state index is 12.8. The fourth-order valence-corrected chi connectivity index (χ4v) is 8.67. The number of hydrogen-bond donors (Lipinski definition) is 1. The molecule has 0 heterocycles. The van der Waals surface area contributed by atoms with E-state index in [-0.39, 0.29) is 25.6 Å². The molecule has 0 aliphatic carbocycles. The highest BCUT2D eigenvalue weighted by atomic mass is 31.2. The molecule has 0 radical (unpaired) electrons. The van der Waals surface area contributed by atoms with Gasteiger partial charge >= 0.3 is 19.8 Å². The molecule has 0 spiro atoms. The summed E-state index contributed by atoms with van der Waals surface area (Å²) in [6, 6.07) is 0. The van der Waals surface area contributed by atoms with Crippen LogP contribution in [0.2, 0.25) is 0 Å². The molecule has 10 heteroatoms. The van der Waals surface area contributed by atoms with Crippen LogP contribution in [0.5, 0.6) is 0 Å². The number of nitrogens with zero attached hydrogens (tertiary/aromatic N) is 1. The Kier molecular flexibility index (Phi) is 49.0. The van der Waals surface area contributed by atoms with Crippen LogP contribution in [-0.2, 0) is 32.7 Å². The first-order chi connectivity index (χ1) is 33.5. The van der Waals surface area contributed by atoms with E-state index in [0.29, 0.717) is 23.9 Å². The van der Waals surface area contributed by atoms with Gasteiger partial charge in [0.15, 0.2) is 6.10 Å². The number of rotatable bonds is 52. The molecule has 0 aromatic heterocycles. The van der Waals surface area contributed by atoms with Crippen molar-refractivity contribution in [1.29, 1.82) is 0 Å². The third-order valence-corrected chi connectivity index (χ3v) is 13.3. The standard InChI is InChI=1S/C59H108NO8P/c1-6-8-10-12-14-16-18-20-22-24-25-26-27-28-29-30-31-32-33-34-35-36-38-40-42-44-46-48-50-52-59(62)68-57(56-67-69(63,64)66-54-53-60(3,4)5)55-65-58(61)51-49-47-45-43-41-39-37-23-21-19-17-15-13-11-9-7-2/h8,10,14,16,20,22,25-26,28-29,57H,6-7,9,11-13,15,17-19,21,23-24,27,30-56H2,1-5H3/p+1/b10-8-,16-14-,22-20-,26-25-,29-28-. The number of quaternary nitrogens is 1. The van der Waals surface area contributed by atoms with Gasteiger partial charge in [0.1, 0.15) is 19.8 Å². The molecule has 0 aromatic rings. The number of hydrogen-bond acceptors (Lipinski definition) is 7. The SMILES string of the molecule is CC/C=C\C/C=C\C/C=C\C/C=C\C/C=C\CCCCCCCCCCCCCCCC(=O)OC(COC(=O)CCCCCCCCCCCCCCCCCC)COP(=O)(O)OCC[N+](C)(C)C.